The average Bonchev–Trinajstić information content (AvgIpc) is 2.58. The molecule has 1 fully saturated rings. The number of carbonyl (C=O) groups excluding carboxylic acids is 1. The first-order chi connectivity index (χ1) is 7.58. The summed E-state index contributed by atoms with van der Waals surface area (Å²) < 4.78 is 1.06. The Morgan fingerprint density at radius 1 is 1.44 bits per heavy atom. The van der Waals surface area contributed by atoms with E-state index in [1.165, 1.54) is 11.3 Å². The molecule has 0 atom stereocenters. The lowest BCUT2D eigenvalue weighted by Gasteiger charge is -2.30. The highest BCUT2D eigenvalue weighted by atomic mass is 35.5. The summed E-state index contributed by atoms with van der Waals surface area (Å²) in [4.78, 5) is 14.0. The van der Waals surface area contributed by atoms with Crippen LogP contribution in [-0.2, 0) is 0 Å². The van der Waals surface area contributed by atoms with Crippen LogP contribution in [0.2, 0.25) is 8.67 Å². The van der Waals surface area contributed by atoms with Crippen LogP contribution in [0.5, 0.6) is 0 Å². The Morgan fingerprint density at radius 3 is 2.56 bits per heavy atom. The van der Waals surface area contributed by atoms with Crippen molar-refractivity contribution in [1.82, 2.24) is 4.90 Å². The summed E-state index contributed by atoms with van der Waals surface area (Å²) in [6.07, 6.45) is 2.14. The van der Waals surface area contributed by atoms with Crippen molar-refractivity contribution in [1.29, 1.82) is 0 Å². The summed E-state index contributed by atoms with van der Waals surface area (Å²) in [6.45, 7) is 3.86. The number of carbonyl (C=O) groups is 1. The van der Waals surface area contributed by atoms with Crippen LogP contribution < -0.4 is 0 Å². The lowest BCUT2D eigenvalue weighted by atomic mass is 9.99. The van der Waals surface area contributed by atoms with Crippen LogP contribution in [-0.4, -0.2) is 23.9 Å². The number of amides is 1. The van der Waals surface area contributed by atoms with Gasteiger partial charge in [0, 0.05) is 13.1 Å². The van der Waals surface area contributed by atoms with Gasteiger partial charge in [0.2, 0.25) is 0 Å². The Bertz CT molecular complexity index is 397. The van der Waals surface area contributed by atoms with Gasteiger partial charge in [-0.1, -0.05) is 30.1 Å². The van der Waals surface area contributed by atoms with E-state index in [9.17, 15) is 4.79 Å². The van der Waals surface area contributed by atoms with Crippen molar-refractivity contribution in [2.45, 2.75) is 19.8 Å². The molecule has 0 aliphatic carbocycles. The number of thiophene rings is 1. The standard InChI is InChI=1S/C11H13Cl2NOS/c1-7-2-4-14(5-3-7)11(15)8-6-9(12)16-10(8)13/h6-7H,2-5H2,1H3. The lowest BCUT2D eigenvalue weighted by Crippen LogP contribution is -2.37. The molecule has 5 heteroatoms. The molecule has 1 saturated heterocycles. The summed E-state index contributed by atoms with van der Waals surface area (Å²) in [7, 11) is 0. The van der Waals surface area contributed by atoms with E-state index in [0.29, 0.717) is 20.2 Å². The highest BCUT2D eigenvalue weighted by Gasteiger charge is 2.24. The Kier molecular flexibility index (Phi) is 3.77. The van der Waals surface area contributed by atoms with Gasteiger partial charge in [-0.3, -0.25) is 4.79 Å². The van der Waals surface area contributed by atoms with Gasteiger partial charge in [-0.25, -0.2) is 0 Å². The van der Waals surface area contributed by atoms with Crippen molar-refractivity contribution < 1.29 is 4.79 Å². The molecule has 88 valence electrons. The molecule has 1 aliphatic rings. The van der Waals surface area contributed by atoms with Crippen LogP contribution >= 0.6 is 34.5 Å². The van der Waals surface area contributed by atoms with Crippen LogP contribution in [0.25, 0.3) is 0 Å². The predicted molar refractivity (Wildman–Crippen MR) is 68.6 cm³/mol. The second-order valence-corrected chi connectivity index (χ2v) is 6.50. The zero-order chi connectivity index (χ0) is 11.7. The monoisotopic (exact) mass is 277 g/mol. The quantitative estimate of drug-likeness (QED) is 0.762. The van der Waals surface area contributed by atoms with E-state index < -0.39 is 0 Å². The van der Waals surface area contributed by atoms with Crippen molar-refractivity contribution in [3.05, 3.63) is 20.3 Å². The number of likely N-dealkylation sites (tertiary alicyclic amines) is 1. The number of nitrogens with zero attached hydrogens (tertiary/aromatic N) is 1. The fourth-order valence-electron chi connectivity index (χ4n) is 1.87. The Hall–Kier alpha value is -0.250. The molecule has 0 saturated carbocycles. The summed E-state index contributed by atoms with van der Waals surface area (Å²) >= 11 is 13.1. The van der Waals surface area contributed by atoms with Crippen molar-refractivity contribution in [3.63, 3.8) is 0 Å². The molecule has 2 nitrogen and oxygen atoms in total. The number of rotatable bonds is 1. The van der Waals surface area contributed by atoms with Crippen LogP contribution in [0.4, 0.5) is 0 Å². The van der Waals surface area contributed by atoms with Gasteiger partial charge in [-0.15, -0.1) is 11.3 Å². The van der Waals surface area contributed by atoms with E-state index >= 15 is 0 Å². The smallest absolute Gasteiger partial charge is 0.256 e. The van der Waals surface area contributed by atoms with Crippen molar-refractivity contribution in [2.24, 2.45) is 5.92 Å². The molecule has 2 heterocycles. The first-order valence-corrected chi connectivity index (χ1v) is 6.89. The van der Waals surface area contributed by atoms with Gasteiger partial charge in [-0.05, 0) is 24.8 Å². The van der Waals surface area contributed by atoms with Crippen LogP contribution in [0.15, 0.2) is 6.07 Å². The number of hydrogen-bond acceptors (Lipinski definition) is 2. The van der Waals surface area contributed by atoms with E-state index in [-0.39, 0.29) is 5.91 Å². The summed E-state index contributed by atoms with van der Waals surface area (Å²) in [6, 6.07) is 1.66. The summed E-state index contributed by atoms with van der Waals surface area (Å²) in [5, 5.41) is 0. The first-order valence-electron chi connectivity index (χ1n) is 5.32. The molecule has 1 aromatic rings. The molecule has 0 radical (unpaired) electrons. The SMILES string of the molecule is CC1CCN(C(=O)c2cc(Cl)sc2Cl)CC1. The molecular weight excluding hydrogens is 265 g/mol. The maximum absolute atomic E-state index is 12.1. The second kappa shape index (κ2) is 4.94. The zero-order valence-electron chi connectivity index (χ0n) is 9.00. The third-order valence-corrected chi connectivity index (χ3v) is 4.45. The third-order valence-electron chi connectivity index (χ3n) is 2.96. The van der Waals surface area contributed by atoms with E-state index in [1.807, 2.05) is 4.90 Å². The summed E-state index contributed by atoms with van der Waals surface area (Å²) in [5.74, 6) is 0.727. The van der Waals surface area contributed by atoms with Crippen LogP contribution in [0.1, 0.15) is 30.1 Å². The van der Waals surface area contributed by atoms with E-state index in [0.717, 1.165) is 25.9 Å². The van der Waals surface area contributed by atoms with Crippen molar-refractivity contribution in [3.8, 4) is 0 Å². The molecule has 0 N–H and O–H groups in total. The maximum atomic E-state index is 12.1. The molecule has 1 aliphatic heterocycles. The van der Waals surface area contributed by atoms with Crippen LogP contribution in [0.3, 0.4) is 0 Å². The van der Waals surface area contributed by atoms with Crippen molar-refractivity contribution >= 4 is 40.4 Å². The predicted octanol–water partition coefficient (Wildman–Crippen LogP) is 3.93. The highest BCUT2D eigenvalue weighted by Crippen LogP contribution is 2.32. The lowest BCUT2D eigenvalue weighted by molar-refractivity contribution is 0.0698. The van der Waals surface area contributed by atoms with Gasteiger partial charge in [0.1, 0.15) is 4.34 Å². The molecule has 1 aromatic heterocycles. The Balaban J connectivity index is 2.10. The number of halogens is 2. The van der Waals surface area contributed by atoms with Gasteiger partial charge in [-0.2, -0.15) is 0 Å². The number of piperidine rings is 1. The Labute approximate surface area is 109 Å². The molecule has 0 unspecified atom stereocenters. The molecule has 2 rings (SSSR count). The number of hydrogen-bond donors (Lipinski definition) is 0. The molecule has 0 bridgehead atoms. The minimum atomic E-state index is 0.0139. The Morgan fingerprint density at radius 2 is 2.06 bits per heavy atom. The van der Waals surface area contributed by atoms with Gasteiger partial charge in [0.25, 0.3) is 5.91 Å². The summed E-state index contributed by atoms with van der Waals surface area (Å²) in [5.41, 5.74) is 0.547. The van der Waals surface area contributed by atoms with Crippen molar-refractivity contribution in [2.75, 3.05) is 13.1 Å². The highest BCUT2D eigenvalue weighted by molar-refractivity contribution is 7.20. The first kappa shape index (κ1) is 12.2. The fraction of sp³-hybridized carbons (Fsp3) is 0.545. The fourth-order valence-corrected chi connectivity index (χ4v) is 3.32. The van der Waals surface area contributed by atoms with Gasteiger partial charge in [0.05, 0.1) is 9.90 Å². The van der Waals surface area contributed by atoms with Gasteiger partial charge >= 0.3 is 0 Å². The zero-order valence-corrected chi connectivity index (χ0v) is 11.3. The normalized spacial score (nSPS) is 17.8. The molecule has 0 aromatic carbocycles. The second-order valence-electron chi connectivity index (χ2n) is 4.21. The van der Waals surface area contributed by atoms with E-state index in [1.54, 1.807) is 6.07 Å². The minimum absolute atomic E-state index is 0.0139. The topological polar surface area (TPSA) is 20.3 Å². The molecule has 1 amide bonds. The van der Waals surface area contributed by atoms with Gasteiger partial charge in [0.15, 0.2) is 0 Å². The van der Waals surface area contributed by atoms with Gasteiger partial charge < -0.3 is 4.90 Å². The third kappa shape index (κ3) is 2.53. The van der Waals surface area contributed by atoms with Crippen LogP contribution in [0, 0.1) is 5.92 Å². The van der Waals surface area contributed by atoms with E-state index in [4.69, 9.17) is 23.2 Å². The van der Waals surface area contributed by atoms with E-state index in [2.05, 4.69) is 6.92 Å². The average molecular weight is 278 g/mol. The molecular formula is C11H13Cl2NOS. The molecule has 0 spiro atoms. The maximum Gasteiger partial charge on any atom is 0.256 e. The largest absolute Gasteiger partial charge is 0.339 e. The minimum Gasteiger partial charge on any atom is -0.339 e. The molecule has 16 heavy (non-hydrogen) atoms.